The Morgan fingerprint density at radius 2 is 2.00 bits per heavy atom. The lowest BCUT2D eigenvalue weighted by Crippen LogP contribution is -2.57. The minimum atomic E-state index is -0.384. The highest BCUT2D eigenvalue weighted by molar-refractivity contribution is 5.99. The number of rotatable bonds is 5. The second-order valence-corrected chi connectivity index (χ2v) is 7.27. The van der Waals surface area contributed by atoms with Gasteiger partial charge in [0.1, 0.15) is 11.9 Å². The van der Waals surface area contributed by atoms with Crippen molar-refractivity contribution in [1.29, 1.82) is 0 Å². The van der Waals surface area contributed by atoms with Gasteiger partial charge in [-0.25, -0.2) is 4.98 Å². The summed E-state index contributed by atoms with van der Waals surface area (Å²) >= 11 is 0. The third kappa shape index (κ3) is 3.86. The fraction of sp³-hybridized carbons (Fsp3) is 0.409. The van der Waals surface area contributed by atoms with Crippen LogP contribution >= 0.6 is 0 Å². The van der Waals surface area contributed by atoms with E-state index in [-0.39, 0.29) is 17.9 Å². The van der Waals surface area contributed by atoms with Gasteiger partial charge < -0.3 is 15.5 Å². The normalized spacial score (nSPS) is 17.1. The first-order valence-corrected chi connectivity index (χ1v) is 9.87. The number of aromatic nitrogens is 1. The summed E-state index contributed by atoms with van der Waals surface area (Å²) in [5, 5.41) is 0. The van der Waals surface area contributed by atoms with E-state index in [0.29, 0.717) is 30.9 Å². The standard InChI is InChI=1S/C22H28N4O2/c1-4-7-19-22(28)25(3)10-11-26(19)21(27)17-9-6-8-16(13-17)18-12-15(5-2)20(23)24-14-18/h6,8-9,12-14,19H,4-5,7,10-11H2,1-3H3,(H2,23,24). The maximum Gasteiger partial charge on any atom is 0.254 e. The van der Waals surface area contributed by atoms with E-state index in [0.717, 1.165) is 29.5 Å². The van der Waals surface area contributed by atoms with Crippen LogP contribution in [0.4, 0.5) is 5.82 Å². The molecule has 1 saturated heterocycles. The number of nitrogen functional groups attached to an aromatic ring is 1. The monoisotopic (exact) mass is 380 g/mol. The maximum absolute atomic E-state index is 13.2. The van der Waals surface area contributed by atoms with Crippen LogP contribution in [0.3, 0.4) is 0 Å². The van der Waals surface area contributed by atoms with Gasteiger partial charge in [0.2, 0.25) is 5.91 Å². The smallest absolute Gasteiger partial charge is 0.254 e. The Balaban J connectivity index is 1.91. The van der Waals surface area contributed by atoms with Crippen molar-refractivity contribution in [2.24, 2.45) is 0 Å². The number of carbonyl (C=O) groups is 2. The molecule has 0 saturated carbocycles. The Labute approximate surface area is 166 Å². The molecular weight excluding hydrogens is 352 g/mol. The largest absolute Gasteiger partial charge is 0.383 e. The van der Waals surface area contributed by atoms with Crippen LogP contribution in [-0.4, -0.2) is 52.8 Å². The Hall–Kier alpha value is -2.89. The molecule has 0 aliphatic carbocycles. The fourth-order valence-electron chi connectivity index (χ4n) is 3.67. The van der Waals surface area contributed by atoms with Crippen molar-refractivity contribution in [1.82, 2.24) is 14.8 Å². The summed E-state index contributed by atoms with van der Waals surface area (Å²) in [5.74, 6) is 0.464. The Morgan fingerprint density at radius 3 is 2.71 bits per heavy atom. The number of amides is 2. The van der Waals surface area contributed by atoms with Crippen molar-refractivity contribution in [3.8, 4) is 11.1 Å². The molecule has 0 bridgehead atoms. The summed E-state index contributed by atoms with van der Waals surface area (Å²) in [7, 11) is 1.80. The van der Waals surface area contributed by atoms with E-state index < -0.39 is 0 Å². The highest BCUT2D eigenvalue weighted by atomic mass is 16.2. The number of nitrogens with two attached hydrogens (primary N) is 1. The van der Waals surface area contributed by atoms with Crippen LogP contribution in [-0.2, 0) is 11.2 Å². The van der Waals surface area contributed by atoms with Crippen molar-refractivity contribution >= 4 is 17.6 Å². The van der Waals surface area contributed by atoms with Crippen molar-refractivity contribution in [2.45, 2.75) is 39.2 Å². The van der Waals surface area contributed by atoms with Crippen molar-refractivity contribution in [3.05, 3.63) is 47.7 Å². The minimum absolute atomic E-state index is 0.0212. The Kier molecular flexibility index (Phi) is 5.97. The highest BCUT2D eigenvalue weighted by Gasteiger charge is 2.35. The van der Waals surface area contributed by atoms with Gasteiger partial charge in [0.25, 0.3) is 5.91 Å². The first kappa shape index (κ1) is 19.9. The number of hydrogen-bond acceptors (Lipinski definition) is 4. The molecule has 28 heavy (non-hydrogen) atoms. The van der Waals surface area contributed by atoms with Crippen LogP contribution in [0.15, 0.2) is 36.5 Å². The molecule has 0 radical (unpaired) electrons. The summed E-state index contributed by atoms with van der Waals surface area (Å²) in [6.45, 7) is 5.19. The van der Waals surface area contributed by atoms with Crippen LogP contribution in [0.2, 0.25) is 0 Å². The molecular formula is C22H28N4O2. The fourth-order valence-corrected chi connectivity index (χ4v) is 3.67. The van der Waals surface area contributed by atoms with E-state index in [9.17, 15) is 9.59 Å². The van der Waals surface area contributed by atoms with Crippen LogP contribution in [0.25, 0.3) is 11.1 Å². The second kappa shape index (κ2) is 8.42. The number of aryl methyl sites for hydroxylation is 1. The lowest BCUT2D eigenvalue weighted by Gasteiger charge is -2.39. The zero-order valence-electron chi connectivity index (χ0n) is 16.8. The third-order valence-corrected chi connectivity index (χ3v) is 5.36. The molecule has 148 valence electrons. The van der Waals surface area contributed by atoms with Gasteiger partial charge in [-0.05, 0) is 42.2 Å². The predicted molar refractivity (Wildman–Crippen MR) is 111 cm³/mol. The SMILES string of the molecule is CCCC1C(=O)N(C)CCN1C(=O)c1cccc(-c2cnc(N)c(CC)c2)c1. The van der Waals surface area contributed by atoms with Crippen molar-refractivity contribution in [2.75, 3.05) is 25.9 Å². The number of anilines is 1. The predicted octanol–water partition coefficient (Wildman–Crippen LogP) is 2.98. The zero-order valence-corrected chi connectivity index (χ0v) is 16.8. The molecule has 0 spiro atoms. The van der Waals surface area contributed by atoms with Gasteiger partial charge in [-0.1, -0.05) is 32.4 Å². The molecule has 6 nitrogen and oxygen atoms in total. The summed E-state index contributed by atoms with van der Waals surface area (Å²) in [5.41, 5.74) is 9.34. The lowest BCUT2D eigenvalue weighted by atomic mass is 10.00. The molecule has 2 aromatic rings. The summed E-state index contributed by atoms with van der Waals surface area (Å²) in [6.07, 6.45) is 4.06. The molecule has 1 fully saturated rings. The molecule has 1 aliphatic heterocycles. The third-order valence-electron chi connectivity index (χ3n) is 5.36. The van der Waals surface area contributed by atoms with Crippen LogP contribution < -0.4 is 5.73 Å². The first-order valence-electron chi connectivity index (χ1n) is 9.87. The number of nitrogens with zero attached hydrogens (tertiary/aromatic N) is 3. The molecule has 2 heterocycles. The van der Waals surface area contributed by atoms with Gasteiger partial charge in [0.15, 0.2) is 0 Å². The number of benzene rings is 1. The van der Waals surface area contributed by atoms with E-state index in [1.165, 1.54) is 0 Å². The zero-order chi connectivity index (χ0) is 20.3. The summed E-state index contributed by atoms with van der Waals surface area (Å²) in [6, 6.07) is 9.15. The molecule has 1 aromatic heterocycles. The second-order valence-electron chi connectivity index (χ2n) is 7.27. The van der Waals surface area contributed by atoms with Crippen molar-refractivity contribution in [3.63, 3.8) is 0 Å². The quantitative estimate of drug-likeness (QED) is 0.865. The van der Waals surface area contributed by atoms with E-state index in [1.54, 1.807) is 23.0 Å². The maximum atomic E-state index is 13.2. The van der Waals surface area contributed by atoms with Gasteiger partial charge in [-0.2, -0.15) is 0 Å². The summed E-state index contributed by atoms with van der Waals surface area (Å²) in [4.78, 5) is 33.5. The van der Waals surface area contributed by atoms with Gasteiger partial charge in [-0.3, -0.25) is 9.59 Å². The molecule has 1 unspecified atom stereocenters. The van der Waals surface area contributed by atoms with E-state index in [2.05, 4.69) is 4.98 Å². The molecule has 6 heteroatoms. The molecule has 1 aromatic carbocycles. The minimum Gasteiger partial charge on any atom is -0.383 e. The Bertz CT molecular complexity index is 881. The van der Waals surface area contributed by atoms with Crippen molar-refractivity contribution < 1.29 is 9.59 Å². The number of carbonyl (C=O) groups excluding carboxylic acids is 2. The number of likely N-dealkylation sites (N-methyl/N-ethyl adjacent to an activating group) is 1. The van der Waals surface area contributed by atoms with Gasteiger partial charge >= 0.3 is 0 Å². The Morgan fingerprint density at radius 1 is 1.21 bits per heavy atom. The van der Waals surface area contributed by atoms with Crippen LogP contribution in [0, 0.1) is 0 Å². The molecule has 2 N–H and O–H groups in total. The van der Waals surface area contributed by atoms with Gasteiger partial charge in [-0.15, -0.1) is 0 Å². The van der Waals surface area contributed by atoms with Crippen LogP contribution in [0.1, 0.15) is 42.6 Å². The molecule has 1 atom stereocenters. The van der Waals surface area contributed by atoms with E-state index in [4.69, 9.17) is 5.73 Å². The number of piperazine rings is 1. The molecule has 1 aliphatic rings. The lowest BCUT2D eigenvalue weighted by molar-refractivity contribution is -0.138. The van der Waals surface area contributed by atoms with E-state index in [1.807, 2.05) is 44.2 Å². The number of pyridine rings is 1. The topological polar surface area (TPSA) is 79.5 Å². The van der Waals surface area contributed by atoms with Gasteiger partial charge in [0.05, 0.1) is 0 Å². The first-order chi connectivity index (χ1) is 13.5. The molecule has 3 rings (SSSR count). The average molecular weight is 380 g/mol. The van der Waals surface area contributed by atoms with E-state index >= 15 is 0 Å². The number of hydrogen-bond donors (Lipinski definition) is 1. The highest BCUT2D eigenvalue weighted by Crippen LogP contribution is 2.25. The summed E-state index contributed by atoms with van der Waals surface area (Å²) < 4.78 is 0. The average Bonchev–Trinajstić information content (AvgIpc) is 2.71. The molecule has 2 amide bonds. The van der Waals surface area contributed by atoms with Crippen LogP contribution in [0.5, 0.6) is 0 Å². The van der Waals surface area contributed by atoms with Gasteiger partial charge in [0, 0.05) is 37.5 Å².